The second kappa shape index (κ2) is 18.1. The summed E-state index contributed by atoms with van der Waals surface area (Å²) < 4.78 is 0. The molecule has 294 valence electrons. The second-order valence-corrected chi connectivity index (χ2v) is 19.8. The van der Waals surface area contributed by atoms with Gasteiger partial charge in [0.05, 0.1) is 0 Å². The van der Waals surface area contributed by atoms with Crippen LogP contribution >= 0.6 is 0 Å². The van der Waals surface area contributed by atoms with Gasteiger partial charge >= 0.3 is 0 Å². The van der Waals surface area contributed by atoms with Gasteiger partial charge in [0.2, 0.25) is 0 Å². The van der Waals surface area contributed by atoms with E-state index in [-0.39, 0.29) is 0 Å². The lowest BCUT2D eigenvalue weighted by atomic mass is 9.79. The molecule has 0 aromatic carbocycles. The molecule has 15 fully saturated rings. The minimum atomic E-state index is 0.810. The molecule has 15 aliphatic carbocycles. The molecular formula is C50H94. The molecule has 15 aliphatic rings. The molecule has 0 aromatic rings. The van der Waals surface area contributed by atoms with Crippen LogP contribution in [-0.4, -0.2) is 0 Å². The quantitative estimate of drug-likeness (QED) is 0.237. The van der Waals surface area contributed by atoms with E-state index in [9.17, 15) is 0 Å². The van der Waals surface area contributed by atoms with Crippen LogP contribution in [0.15, 0.2) is 0 Å². The Morgan fingerprint density at radius 1 is 0.400 bits per heavy atom. The minimum Gasteiger partial charge on any atom is -0.0683 e. The fourth-order valence-corrected chi connectivity index (χ4v) is 15.5. The average Bonchev–Trinajstić information content (AvgIpc) is 3.84. The van der Waals surface area contributed by atoms with E-state index >= 15 is 0 Å². The third-order valence-electron chi connectivity index (χ3n) is 18.0. The highest BCUT2D eigenvalue weighted by Gasteiger charge is 2.71. The van der Waals surface area contributed by atoms with Gasteiger partial charge in [0.1, 0.15) is 0 Å². The van der Waals surface area contributed by atoms with Gasteiger partial charge in [0.15, 0.2) is 0 Å². The van der Waals surface area contributed by atoms with Crippen molar-refractivity contribution in [1.82, 2.24) is 0 Å². The molecule has 0 aliphatic heterocycles. The summed E-state index contributed by atoms with van der Waals surface area (Å²) >= 11 is 0. The molecule has 10 unspecified atom stereocenters. The van der Waals surface area contributed by atoms with Crippen molar-refractivity contribution in [2.75, 3.05) is 0 Å². The molecule has 10 atom stereocenters. The average molecular weight is 695 g/mol. The molecule has 12 bridgehead atoms. The normalized spacial score (nSPS) is 53.0. The van der Waals surface area contributed by atoms with E-state index in [0.717, 1.165) is 46.3 Å². The van der Waals surface area contributed by atoms with Crippen molar-refractivity contribution in [2.45, 2.75) is 207 Å². The fourth-order valence-electron chi connectivity index (χ4n) is 15.5. The molecule has 0 spiro atoms. The van der Waals surface area contributed by atoms with Crippen molar-refractivity contribution in [1.29, 1.82) is 0 Å². The van der Waals surface area contributed by atoms with Gasteiger partial charge in [-0.1, -0.05) is 104 Å². The smallest absolute Gasteiger partial charge is 0.0261 e. The maximum absolute atomic E-state index is 2.50. The van der Waals surface area contributed by atoms with Crippen LogP contribution in [0.3, 0.4) is 0 Å². The summed E-state index contributed by atoms with van der Waals surface area (Å²) in [7, 11) is 0. The lowest BCUT2D eigenvalue weighted by Gasteiger charge is -2.26. The molecule has 0 aromatic heterocycles. The zero-order valence-electron chi connectivity index (χ0n) is 37.1. The van der Waals surface area contributed by atoms with E-state index in [2.05, 4.69) is 34.6 Å². The summed E-state index contributed by atoms with van der Waals surface area (Å²) in [5.74, 6) is 20.1. The topological polar surface area (TPSA) is 0 Å². The fraction of sp³-hybridized carbons (Fsp3) is 1.00. The third-order valence-corrected chi connectivity index (χ3v) is 18.0. The Hall–Kier alpha value is 0. The van der Waals surface area contributed by atoms with Crippen LogP contribution in [0.25, 0.3) is 0 Å². The van der Waals surface area contributed by atoms with Gasteiger partial charge in [-0.25, -0.2) is 0 Å². The Morgan fingerprint density at radius 3 is 1.00 bits per heavy atom. The standard InChI is InChI=1S/3C8H12.2C8H14.5C2H6/c1-8-4-5-2-6(8)7(8)3-5;1-4-5-2-6-7(3-5)8(4)6;1-4-2-5-3-6-7(4)8(5)6;1-8-4-2-7(6-8)3-5-8;1-6-7-2-3-8(6)5-4-7;5*1-2/h5-7H,2-4H2,1H3;2*4-8H,2-3H2,1H3;7H,2-6H2,1H3;6-8H,2-5H2,1H3;5*1-2H3. The van der Waals surface area contributed by atoms with E-state index in [1.807, 2.05) is 69.2 Å². The van der Waals surface area contributed by atoms with E-state index in [0.29, 0.717) is 0 Å². The van der Waals surface area contributed by atoms with Crippen LogP contribution in [0.4, 0.5) is 0 Å². The Balaban J connectivity index is 0.000000132. The van der Waals surface area contributed by atoms with Crippen molar-refractivity contribution in [3.8, 4) is 0 Å². The molecule has 0 heteroatoms. The summed E-state index contributed by atoms with van der Waals surface area (Å²) in [5.41, 5.74) is 1.70. The SMILES string of the molecule is CC.CC.CC.CC.CC.CC12CC3CC1C2C3.CC12CCC(CC1)C2.CC1C2CC3C(C2)C13.CC1C2CCC1CC2.CC1CC2CC3C1C23. The van der Waals surface area contributed by atoms with Gasteiger partial charge < -0.3 is 0 Å². The van der Waals surface area contributed by atoms with E-state index in [1.54, 1.807) is 77.0 Å². The zero-order valence-corrected chi connectivity index (χ0v) is 37.1. The van der Waals surface area contributed by atoms with Gasteiger partial charge in [-0.15, -0.1) is 0 Å². The van der Waals surface area contributed by atoms with Gasteiger partial charge in [-0.3, -0.25) is 0 Å². The van der Waals surface area contributed by atoms with Crippen LogP contribution < -0.4 is 0 Å². The van der Waals surface area contributed by atoms with E-state index < -0.39 is 0 Å². The Labute approximate surface area is 317 Å². The molecular weight excluding hydrogens is 601 g/mol. The first-order valence-electron chi connectivity index (χ1n) is 24.2. The van der Waals surface area contributed by atoms with Crippen LogP contribution in [0.1, 0.15) is 207 Å². The van der Waals surface area contributed by atoms with Crippen molar-refractivity contribution in [2.24, 2.45) is 111 Å². The maximum atomic E-state index is 2.50. The molecule has 0 amide bonds. The predicted octanol–water partition coefficient (Wildman–Crippen LogP) is 16.0. The first kappa shape index (κ1) is 42.7. The van der Waals surface area contributed by atoms with Crippen molar-refractivity contribution in [3.05, 3.63) is 0 Å². The zero-order chi connectivity index (χ0) is 37.1. The van der Waals surface area contributed by atoms with Gasteiger partial charge in [0.25, 0.3) is 0 Å². The first-order chi connectivity index (χ1) is 24.2. The minimum absolute atomic E-state index is 0.810. The number of rotatable bonds is 0. The van der Waals surface area contributed by atoms with E-state index in [1.165, 1.54) is 90.8 Å². The van der Waals surface area contributed by atoms with E-state index in [4.69, 9.17) is 0 Å². The Morgan fingerprint density at radius 2 is 0.880 bits per heavy atom. The summed E-state index contributed by atoms with van der Waals surface area (Å²) in [5, 5.41) is 0. The highest BCUT2D eigenvalue weighted by atomic mass is 14.8. The maximum Gasteiger partial charge on any atom is -0.0261 e. The second-order valence-electron chi connectivity index (χ2n) is 19.8. The van der Waals surface area contributed by atoms with Crippen molar-refractivity contribution < 1.29 is 0 Å². The molecule has 15 rings (SSSR count). The van der Waals surface area contributed by atoms with Crippen LogP contribution in [0, 0.1) is 111 Å². The monoisotopic (exact) mass is 695 g/mol. The molecule has 50 heavy (non-hydrogen) atoms. The first-order valence-corrected chi connectivity index (χ1v) is 24.2. The van der Waals surface area contributed by atoms with Crippen LogP contribution in [0.5, 0.6) is 0 Å². The van der Waals surface area contributed by atoms with Gasteiger partial charge in [0, 0.05) is 0 Å². The molecule has 0 saturated heterocycles. The van der Waals surface area contributed by atoms with Crippen molar-refractivity contribution in [3.63, 3.8) is 0 Å². The molecule has 0 nitrogen and oxygen atoms in total. The van der Waals surface area contributed by atoms with Gasteiger partial charge in [-0.05, 0) is 214 Å². The molecule has 0 N–H and O–H groups in total. The number of fused-ring (bicyclic) bond motifs is 5. The Bertz CT molecular complexity index is 908. The summed E-state index contributed by atoms with van der Waals surface area (Å²) in [6.07, 6.45) is 25.0. The lowest BCUT2D eigenvalue weighted by molar-refractivity contribution is 0.239. The summed E-state index contributed by atoms with van der Waals surface area (Å²) in [6, 6.07) is 0. The Kier molecular flexibility index (Phi) is 15.5. The lowest BCUT2D eigenvalue weighted by Crippen LogP contribution is -2.17. The molecule has 15 saturated carbocycles. The van der Waals surface area contributed by atoms with Crippen LogP contribution in [0.2, 0.25) is 0 Å². The predicted molar refractivity (Wildman–Crippen MR) is 223 cm³/mol. The van der Waals surface area contributed by atoms with Crippen LogP contribution in [-0.2, 0) is 0 Å². The number of hydrogen-bond donors (Lipinski definition) is 0. The molecule has 0 radical (unpaired) electrons. The number of hydrogen-bond acceptors (Lipinski definition) is 0. The van der Waals surface area contributed by atoms with Crippen molar-refractivity contribution >= 4 is 0 Å². The highest BCUT2D eigenvalue weighted by molar-refractivity contribution is 5.20. The largest absolute Gasteiger partial charge is 0.0683 e. The summed E-state index contributed by atoms with van der Waals surface area (Å²) in [6.45, 7) is 32.3. The van der Waals surface area contributed by atoms with Gasteiger partial charge in [-0.2, -0.15) is 0 Å². The molecule has 0 heterocycles. The highest BCUT2D eigenvalue weighted by Crippen LogP contribution is 2.79. The third kappa shape index (κ3) is 8.16. The summed E-state index contributed by atoms with van der Waals surface area (Å²) in [4.78, 5) is 0.